The van der Waals surface area contributed by atoms with Crippen LogP contribution >= 0.6 is 11.6 Å². The Hall–Kier alpha value is -1.45. The highest BCUT2D eigenvalue weighted by Crippen LogP contribution is 2.17. The van der Waals surface area contributed by atoms with Gasteiger partial charge in [0.2, 0.25) is 20.0 Å². The highest BCUT2D eigenvalue weighted by atomic mass is 35.5. The largest absolute Gasteiger partial charge is 0.240 e. The Morgan fingerprint density at radius 3 is 1.91 bits per heavy atom. The SMILES string of the molecule is CNS(=O)(=O)c1ccc(S(=O)(=O)NCc2ccccc2Cl)cc1. The average Bonchev–Trinajstić information content (AvgIpc) is 2.54. The molecular weight excluding hydrogens is 360 g/mol. The van der Waals surface area contributed by atoms with Crippen molar-refractivity contribution < 1.29 is 16.8 Å². The fourth-order valence-corrected chi connectivity index (χ4v) is 3.75. The highest BCUT2D eigenvalue weighted by Gasteiger charge is 2.17. The van der Waals surface area contributed by atoms with E-state index < -0.39 is 20.0 Å². The minimum absolute atomic E-state index is 0.00921. The molecule has 2 N–H and O–H groups in total. The van der Waals surface area contributed by atoms with Crippen LogP contribution in [0.2, 0.25) is 5.02 Å². The minimum Gasteiger partial charge on any atom is -0.214 e. The third-order valence-electron chi connectivity index (χ3n) is 3.12. The standard InChI is InChI=1S/C14H15ClN2O4S2/c1-16-22(18,19)12-6-8-13(9-7-12)23(20,21)17-10-11-4-2-3-5-14(11)15/h2-9,16-17H,10H2,1H3. The van der Waals surface area contributed by atoms with Crippen molar-refractivity contribution in [3.05, 3.63) is 59.1 Å². The number of hydrogen-bond donors (Lipinski definition) is 2. The lowest BCUT2D eigenvalue weighted by molar-refractivity contribution is 0.579. The van der Waals surface area contributed by atoms with Crippen molar-refractivity contribution in [1.82, 2.24) is 9.44 Å². The van der Waals surface area contributed by atoms with Gasteiger partial charge in [0.1, 0.15) is 0 Å². The highest BCUT2D eigenvalue weighted by molar-refractivity contribution is 7.90. The quantitative estimate of drug-likeness (QED) is 0.805. The molecule has 0 aromatic heterocycles. The second kappa shape index (κ2) is 6.98. The fraction of sp³-hybridized carbons (Fsp3) is 0.143. The number of sulfonamides is 2. The average molecular weight is 375 g/mol. The summed E-state index contributed by atoms with van der Waals surface area (Å²) in [5, 5.41) is 0.464. The summed E-state index contributed by atoms with van der Waals surface area (Å²) >= 11 is 5.98. The van der Waals surface area contributed by atoms with Crippen LogP contribution in [0.25, 0.3) is 0 Å². The maximum absolute atomic E-state index is 12.2. The van der Waals surface area contributed by atoms with E-state index in [1.54, 1.807) is 24.3 Å². The molecule has 0 atom stereocenters. The van der Waals surface area contributed by atoms with Crippen LogP contribution in [-0.4, -0.2) is 23.9 Å². The molecule has 23 heavy (non-hydrogen) atoms. The van der Waals surface area contributed by atoms with Gasteiger partial charge in [0.15, 0.2) is 0 Å². The lowest BCUT2D eigenvalue weighted by Gasteiger charge is -2.09. The van der Waals surface area contributed by atoms with Crippen LogP contribution in [-0.2, 0) is 26.6 Å². The van der Waals surface area contributed by atoms with Crippen molar-refractivity contribution in [1.29, 1.82) is 0 Å². The van der Waals surface area contributed by atoms with Gasteiger partial charge in [-0.25, -0.2) is 26.3 Å². The van der Waals surface area contributed by atoms with Crippen LogP contribution in [0.1, 0.15) is 5.56 Å². The minimum atomic E-state index is -3.77. The van der Waals surface area contributed by atoms with Gasteiger partial charge in [0.05, 0.1) is 9.79 Å². The van der Waals surface area contributed by atoms with Crippen molar-refractivity contribution in [2.45, 2.75) is 16.3 Å². The molecule has 6 nitrogen and oxygen atoms in total. The van der Waals surface area contributed by atoms with Crippen LogP contribution in [0.4, 0.5) is 0 Å². The van der Waals surface area contributed by atoms with E-state index in [-0.39, 0.29) is 16.3 Å². The van der Waals surface area contributed by atoms with Gasteiger partial charge in [-0.3, -0.25) is 0 Å². The van der Waals surface area contributed by atoms with Crippen molar-refractivity contribution in [2.75, 3.05) is 7.05 Å². The predicted octanol–water partition coefficient (Wildman–Crippen LogP) is 1.73. The molecule has 0 saturated carbocycles. The Morgan fingerprint density at radius 2 is 1.39 bits per heavy atom. The summed E-state index contributed by atoms with van der Waals surface area (Å²) in [5.74, 6) is 0. The molecule has 0 saturated heterocycles. The molecule has 0 aliphatic heterocycles. The molecule has 2 aromatic carbocycles. The van der Waals surface area contributed by atoms with E-state index in [1.165, 1.54) is 31.3 Å². The van der Waals surface area contributed by atoms with E-state index in [4.69, 9.17) is 11.6 Å². The lowest BCUT2D eigenvalue weighted by atomic mass is 10.2. The Labute approximate surface area is 140 Å². The lowest BCUT2D eigenvalue weighted by Crippen LogP contribution is -2.23. The summed E-state index contributed by atoms with van der Waals surface area (Å²) in [5.41, 5.74) is 0.645. The Bertz CT molecular complexity index is 895. The van der Waals surface area contributed by atoms with Crippen molar-refractivity contribution in [3.63, 3.8) is 0 Å². The number of hydrogen-bond acceptors (Lipinski definition) is 4. The van der Waals surface area contributed by atoms with Gasteiger partial charge in [-0.15, -0.1) is 0 Å². The molecule has 9 heteroatoms. The van der Waals surface area contributed by atoms with Gasteiger partial charge in [-0.05, 0) is 42.9 Å². The number of rotatable bonds is 6. The van der Waals surface area contributed by atoms with E-state index in [0.29, 0.717) is 10.6 Å². The van der Waals surface area contributed by atoms with Crippen molar-refractivity contribution in [2.24, 2.45) is 0 Å². The van der Waals surface area contributed by atoms with Crippen LogP contribution in [0.5, 0.6) is 0 Å². The zero-order chi connectivity index (χ0) is 17.1. The molecule has 0 unspecified atom stereocenters. The van der Waals surface area contributed by atoms with Crippen LogP contribution in [0.3, 0.4) is 0 Å². The first-order valence-electron chi connectivity index (χ1n) is 6.53. The molecule has 0 bridgehead atoms. The first-order valence-corrected chi connectivity index (χ1v) is 9.87. The molecule has 0 spiro atoms. The Kier molecular flexibility index (Phi) is 5.43. The first-order chi connectivity index (χ1) is 10.8. The molecule has 2 rings (SSSR count). The van der Waals surface area contributed by atoms with E-state index in [0.717, 1.165) is 0 Å². The molecule has 0 amide bonds. The smallest absolute Gasteiger partial charge is 0.214 e. The van der Waals surface area contributed by atoms with Crippen molar-refractivity contribution in [3.8, 4) is 0 Å². The summed E-state index contributed by atoms with van der Waals surface area (Å²) < 4.78 is 52.3. The van der Waals surface area contributed by atoms with E-state index >= 15 is 0 Å². The van der Waals surface area contributed by atoms with Gasteiger partial charge >= 0.3 is 0 Å². The second-order valence-corrected chi connectivity index (χ2v) is 8.66. The van der Waals surface area contributed by atoms with Gasteiger partial charge in [-0.2, -0.15) is 0 Å². The van der Waals surface area contributed by atoms with Crippen molar-refractivity contribution >= 4 is 31.6 Å². The zero-order valence-corrected chi connectivity index (χ0v) is 14.5. The van der Waals surface area contributed by atoms with E-state index in [1.807, 2.05) is 0 Å². The maximum atomic E-state index is 12.2. The summed E-state index contributed by atoms with van der Waals surface area (Å²) in [7, 11) is -6.09. The van der Waals surface area contributed by atoms with E-state index in [2.05, 4.69) is 9.44 Å². The van der Waals surface area contributed by atoms with E-state index in [9.17, 15) is 16.8 Å². The maximum Gasteiger partial charge on any atom is 0.240 e. The summed E-state index contributed by atoms with van der Waals surface area (Å²) in [6.45, 7) is 0.0403. The van der Waals surface area contributed by atoms with Crippen LogP contribution < -0.4 is 9.44 Å². The first kappa shape index (κ1) is 17.9. The third-order valence-corrected chi connectivity index (χ3v) is 6.34. The van der Waals surface area contributed by atoms with Gasteiger partial charge in [0.25, 0.3) is 0 Å². The monoisotopic (exact) mass is 374 g/mol. The molecule has 2 aromatic rings. The summed E-state index contributed by atoms with van der Waals surface area (Å²) in [6.07, 6.45) is 0. The molecular formula is C14H15ClN2O4S2. The predicted molar refractivity (Wildman–Crippen MR) is 88.2 cm³/mol. The topological polar surface area (TPSA) is 92.3 Å². The molecule has 124 valence electrons. The van der Waals surface area contributed by atoms with Gasteiger partial charge in [-0.1, -0.05) is 29.8 Å². The van der Waals surface area contributed by atoms with Crippen LogP contribution in [0.15, 0.2) is 58.3 Å². The third kappa shape index (κ3) is 4.30. The number of nitrogens with one attached hydrogen (secondary N) is 2. The summed E-state index contributed by atoms with van der Waals surface area (Å²) in [6, 6.07) is 11.8. The fourth-order valence-electron chi connectivity index (χ4n) is 1.81. The van der Waals surface area contributed by atoms with Gasteiger partial charge < -0.3 is 0 Å². The Balaban J connectivity index is 2.19. The van der Waals surface area contributed by atoms with Gasteiger partial charge in [0, 0.05) is 11.6 Å². The second-order valence-electron chi connectivity index (χ2n) is 4.59. The molecule has 0 fully saturated rings. The molecule has 0 radical (unpaired) electrons. The Morgan fingerprint density at radius 1 is 0.870 bits per heavy atom. The zero-order valence-electron chi connectivity index (χ0n) is 12.2. The number of benzene rings is 2. The molecule has 0 aliphatic carbocycles. The van der Waals surface area contributed by atoms with Crippen LogP contribution in [0, 0.1) is 0 Å². The molecule has 0 aliphatic rings. The normalized spacial score (nSPS) is 12.3. The number of halogens is 1. The summed E-state index contributed by atoms with van der Waals surface area (Å²) in [4.78, 5) is -0.0374. The molecule has 0 heterocycles.